The van der Waals surface area contributed by atoms with Gasteiger partial charge in [0.1, 0.15) is 0 Å². The Hall–Kier alpha value is 0.690. The molecule has 0 spiro atoms. The average molecular weight is 269 g/mol. The Balaban J connectivity index is 3.02. The molecule has 0 saturated heterocycles. The number of hydrogen-bond acceptors (Lipinski definition) is 1. The topological polar surface area (TPSA) is 12.0 Å². The van der Waals surface area contributed by atoms with E-state index in [-0.39, 0.29) is 0 Å². The molecule has 0 rings (SSSR count). The standard InChI is InChI=1S/C9H20IN/c1-3-4-6-9(2)11-8-5-7-10/h9,11H,3-8H2,1-2H3/t9-/m1/s1. The predicted octanol–water partition coefficient (Wildman–Crippen LogP) is 2.98. The first-order chi connectivity index (χ1) is 5.31. The molecular weight excluding hydrogens is 249 g/mol. The first-order valence-electron chi connectivity index (χ1n) is 4.60. The summed E-state index contributed by atoms with van der Waals surface area (Å²) in [6.45, 7) is 5.72. The molecule has 0 saturated carbocycles. The molecule has 0 bridgehead atoms. The highest BCUT2D eigenvalue weighted by Gasteiger charge is 1.97. The number of rotatable bonds is 7. The molecule has 0 fully saturated rings. The molecule has 11 heavy (non-hydrogen) atoms. The zero-order valence-corrected chi connectivity index (χ0v) is 9.86. The first kappa shape index (κ1) is 11.7. The van der Waals surface area contributed by atoms with Crippen LogP contribution in [0.2, 0.25) is 0 Å². The Bertz CT molecular complexity index is 76.0. The fourth-order valence-electron chi connectivity index (χ4n) is 1.03. The molecule has 0 unspecified atom stereocenters. The largest absolute Gasteiger partial charge is 0.314 e. The van der Waals surface area contributed by atoms with Gasteiger partial charge in [-0.25, -0.2) is 0 Å². The van der Waals surface area contributed by atoms with Crippen LogP contribution in [0.5, 0.6) is 0 Å². The minimum absolute atomic E-state index is 0.720. The van der Waals surface area contributed by atoms with Crippen LogP contribution in [-0.4, -0.2) is 17.0 Å². The van der Waals surface area contributed by atoms with E-state index in [2.05, 4.69) is 41.8 Å². The molecule has 0 aliphatic heterocycles. The Kier molecular flexibility index (Phi) is 9.33. The van der Waals surface area contributed by atoms with Crippen molar-refractivity contribution in [2.75, 3.05) is 11.0 Å². The molecule has 0 aliphatic rings. The SMILES string of the molecule is CCCC[C@@H](C)NCCCI. The average Bonchev–Trinajstić information content (AvgIpc) is 2.01. The van der Waals surface area contributed by atoms with Gasteiger partial charge in [0.2, 0.25) is 0 Å². The second-order valence-corrected chi connectivity index (χ2v) is 4.12. The van der Waals surface area contributed by atoms with Crippen molar-refractivity contribution in [1.82, 2.24) is 5.32 Å². The van der Waals surface area contributed by atoms with Crippen molar-refractivity contribution in [2.45, 2.75) is 45.6 Å². The quantitative estimate of drug-likeness (QED) is 0.425. The van der Waals surface area contributed by atoms with E-state index in [0.29, 0.717) is 0 Å². The zero-order chi connectivity index (χ0) is 8.53. The smallest absolute Gasteiger partial charge is 0.00387 e. The molecule has 1 atom stereocenters. The third-order valence-corrected chi connectivity index (χ3v) is 2.56. The monoisotopic (exact) mass is 269 g/mol. The molecule has 0 aromatic carbocycles. The summed E-state index contributed by atoms with van der Waals surface area (Å²) in [5.41, 5.74) is 0. The maximum Gasteiger partial charge on any atom is 0.00387 e. The number of hydrogen-bond donors (Lipinski definition) is 1. The molecule has 0 aliphatic carbocycles. The van der Waals surface area contributed by atoms with Gasteiger partial charge in [0, 0.05) is 10.5 Å². The van der Waals surface area contributed by atoms with Crippen LogP contribution in [0.15, 0.2) is 0 Å². The molecule has 0 aromatic heterocycles. The van der Waals surface area contributed by atoms with Gasteiger partial charge in [0.15, 0.2) is 0 Å². The molecule has 1 nitrogen and oxygen atoms in total. The molecule has 1 N–H and O–H groups in total. The molecule has 0 radical (unpaired) electrons. The lowest BCUT2D eigenvalue weighted by molar-refractivity contribution is 0.497. The van der Waals surface area contributed by atoms with E-state index in [9.17, 15) is 0 Å². The number of nitrogens with one attached hydrogen (secondary N) is 1. The second-order valence-electron chi connectivity index (χ2n) is 3.04. The number of alkyl halides is 1. The van der Waals surface area contributed by atoms with Gasteiger partial charge in [-0.15, -0.1) is 0 Å². The molecule has 2 heteroatoms. The van der Waals surface area contributed by atoms with Gasteiger partial charge >= 0.3 is 0 Å². The van der Waals surface area contributed by atoms with Crippen molar-refractivity contribution >= 4 is 22.6 Å². The minimum Gasteiger partial charge on any atom is -0.314 e. The summed E-state index contributed by atoms with van der Waals surface area (Å²) in [7, 11) is 0. The van der Waals surface area contributed by atoms with Gasteiger partial charge in [-0.3, -0.25) is 0 Å². The van der Waals surface area contributed by atoms with Gasteiger partial charge in [-0.1, -0.05) is 42.4 Å². The lowest BCUT2D eigenvalue weighted by Crippen LogP contribution is -2.26. The van der Waals surface area contributed by atoms with Gasteiger partial charge in [-0.05, 0) is 26.3 Å². The van der Waals surface area contributed by atoms with E-state index in [0.717, 1.165) is 6.04 Å². The Morgan fingerprint density at radius 1 is 1.36 bits per heavy atom. The maximum atomic E-state index is 3.51. The second kappa shape index (κ2) is 8.78. The van der Waals surface area contributed by atoms with Crippen LogP contribution in [0.4, 0.5) is 0 Å². The zero-order valence-electron chi connectivity index (χ0n) is 7.70. The highest BCUT2D eigenvalue weighted by Crippen LogP contribution is 1.99. The third kappa shape index (κ3) is 8.60. The summed E-state index contributed by atoms with van der Waals surface area (Å²) >= 11 is 2.42. The summed E-state index contributed by atoms with van der Waals surface area (Å²) in [6.07, 6.45) is 5.31. The Morgan fingerprint density at radius 3 is 2.64 bits per heavy atom. The number of unbranched alkanes of at least 4 members (excludes halogenated alkanes) is 1. The summed E-state index contributed by atoms with van der Waals surface area (Å²) in [6, 6.07) is 0.720. The van der Waals surface area contributed by atoms with Crippen molar-refractivity contribution in [3.05, 3.63) is 0 Å². The predicted molar refractivity (Wildman–Crippen MR) is 60.5 cm³/mol. The van der Waals surface area contributed by atoms with Crippen molar-refractivity contribution in [1.29, 1.82) is 0 Å². The normalized spacial score (nSPS) is 13.4. The van der Waals surface area contributed by atoms with Crippen LogP contribution in [-0.2, 0) is 0 Å². The van der Waals surface area contributed by atoms with E-state index < -0.39 is 0 Å². The van der Waals surface area contributed by atoms with Crippen LogP contribution in [0, 0.1) is 0 Å². The molecule has 0 aromatic rings. The van der Waals surface area contributed by atoms with Crippen LogP contribution in [0.1, 0.15) is 39.5 Å². The van der Waals surface area contributed by atoms with Gasteiger partial charge in [-0.2, -0.15) is 0 Å². The lowest BCUT2D eigenvalue weighted by Gasteiger charge is -2.11. The summed E-state index contributed by atoms with van der Waals surface area (Å²) < 4.78 is 1.27. The first-order valence-corrected chi connectivity index (χ1v) is 6.13. The molecule has 0 heterocycles. The lowest BCUT2D eigenvalue weighted by atomic mass is 10.1. The van der Waals surface area contributed by atoms with Gasteiger partial charge in [0.05, 0.1) is 0 Å². The van der Waals surface area contributed by atoms with E-state index >= 15 is 0 Å². The maximum absolute atomic E-state index is 3.51. The highest BCUT2D eigenvalue weighted by atomic mass is 127. The molecular formula is C9H20IN. The van der Waals surface area contributed by atoms with E-state index in [1.165, 1.54) is 36.7 Å². The fraction of sp³-hybridized carbons (Fsp3) is 1.00. The molecule has 0 amide bonds. The van der Waals surface area contributed by atoms with Crippen LogP contribution < -0.4 is 5.32 Å². The van der Waals surface area contributed by atoms with Gasteiger partial charge < -0.3 is 5.32 Å². The van der Waals surface area contributed by atoms with Gasteiger partial charge in [0.25, 0.3) is 0 Å². The van der Waals surface area contributed by atoms with Crippen molar-refractivity contribution < 1.29 is 0 Å². The van der Waals surface area contributed by atoms with E-state index in [4.69, 9.17) is 0 Å². The van der Waals surface area contributed by atoms with Crippen LogP contribution in [0.25, 0.3) is 0 Å². The summed E-state index contributed by atoms with van der Waals surface area (Å²) in [4.78, 5) is 0. The summed E-state index contributed by atoms with van der Waals surface area (Å²) in [5, 5.41) is 3.51. The fourth-order valence-corrected chi connectivity index (χ4v) is 1.41. The van der Waals surface area contributed by atoms with E-state index in [1.54, 1.807) is 0 Å². The van der Waals surface area contributed by atoms with Crippen molar-refractivity contribution in [3.8, 4) is 0 Å². The minimum atomic E-state index is 0.720. The Morgan fingerprint density at radius 2 is 2.09 bits per heavy atom. The van der Waals surface area contributed by atoms with Crippen molar-refractivity contribution in [3.63, 3.8) is 0 Å². The molecule has 68 valence electrons. The van der Waals surface area contributed by atoms with Crippen LogP contribution >= 0.6 is 22.6 Å². The highest BCUT2D eigenvalue weighted by molar-refractivity contribution is 14.1. The van der Waals surface area contributed by atoms with E-state index in [1.807, 2.05) is 0 Å². The van der Waals surface area contributed by atoms with Crippen LogP contribution in [0.3, 0.4) is 0 Å². The van der Waals surface area contributed by atoms with Crippen molar-refractivity contribution in [2.24, 2.45) is 0 Å². The Labute approximate surface area is 84.5 Å². The third-order valence-electron chi connectivity index (χ3n) is 1.79. The number of halogens is 1. The summed E-state index contributed by atoms with van der Waals surface area (Å²) in [5.74, 6) is 0.